The normalized spacial score (nSPS) is 22.2. The molecule has 1 spiro atoms. The van der Waals surface area contributed by atoms with Crippen molar-refractivity contribution in [3.8, 4) is 0 Å². The van der Waals surface area contributed by atoms with Gasteiger partial charge in [-0.15, -0.1) is 0 Å². The quantitative estimate of drug-likeness (QED) is 0.611. The van der Waals surface area contributed by atoms with Crippen LogP contribution in [0.3, 0.4) is 0 Å². The van der Waals surface area contributed by atoms with E-state index in [-0.39, 0.29) is 17.4 Å². The first-order valence-corrected chi connectivity index (χ1v) is 8.66. The molecule has 2 aliphatic rings. The molecule has 0 bridgehead atoms. The Balaban J connectivity index is 0.000000260. The van der Waals surface area contributed by atoms with Crippen LogP contribution < -0.4 is 5.32 Å². The largest absolute Gasteiger partial charge is 0.478 e. The molecule has 1 aliphatic carbocycles. The minimum atomic E-state index is -1.26. The average molecular weight is 365 g/mol. The van der Waals surface area contributed by atoms with Crippen LogP contribution in [-0.2, 0) is 9.59 Å². The van der Waals surface area contributed by atoms with Gasteiger partial charge in [-0.25, -0.2) is 14.0 Å². The van der Waals surface area contributed by atoms with E-state index >= 15 is 0 Å². The average Bonchev–Trinajstić information content (AvgIpc) is 3.23. The van der Waals surface area contributed by atoms with Crippen molar-refractivity contribution in [1.82, 2.24) is 5.32 Å². The zero-order chi connectivity index (χ0) is 19.2. The number of hydrogen-bond acceptors (Lipinski definition) is 4. The van der Waals surface area contributed by atoms with Gasteiger partial charge in [0.2, 0.25) is 0 Å². The second-order valence-electron chi connectivity index (χ2n) is 6.79. The van der Waals surface area contributed by atoms with Crippen LogP contribution in [0.2, 0.25) is 0 Å². The maximum atomic E-state index is 13.2. The molecule has 2 atom stereocenters. The highest BCUT2D eigenvalue weighted by atomic mass is 19.1. The Morgan fingerprint density at radius 2 is 1.77 bits per heavy atom. The maximum Gasteiger partial charge on any atom is 0.328 e. The van der Waals surface area contributed by atoms with Crippen LogP contribution in [0.15, 0.2) is 36.4 Å². The predicted octanol–water partition coefficient (Wildman–Crippen LogP) is 2.64. The first-order valence-electron chi connectivity index (χ1n) is 8.66. The van der Waals surface area contributed by atoms with E-state index in [1.54, 1.807) is 12.1 Å². The highest BCUT2D eigenvalue weighted by Gasteiger charge is 2.42. The number of aliphatic carboxylic acids is 2. The molecule has 0 radical (unpaired) electrons. The fourth-order valence-electron chi connectivity index (χ4n) is 3.72. The summed E-state index contributed by atoms with van der Waals surface area (Å²) in [6.07, 6.45) is 7.66. The lowest BCUT2D eigenvalue weighted by molar-refractivity contribution is -0.134. The van der Waals surface area contributed by atoms with E-state index in [4.69, 9.17) is 10.2 Å². The number of aliphatic hydroxyl groups is 1. The number of halogens is 1. The molecule has 1 saturated carbocycles. The first kappa shape index (κ1) is 20.1. The van der Waals surface area contributed by atoms with E-state index in [1.807, 2.05) is 0 Å². The molecule has 6 nitrogen and oxygen atoms in total. The first-order chi connectivity index (χ1) is 12.3. The van der Waals surface area contributed by atoms with Gasteiger partial charge in [-0.05, 0) is 43.4 Å². The van der Waals surface area contributed by atoms with Crippen molar-refractivity contribution in [2.24, 2.45) is 0 Å². The van der Waals surface area contributed by atoms with Crippen molar-refractivity contribution in [1.29, 1.82) is 0 Å². The van der Waals surface area contributed by atoms with E-state index in [1.165, 1.54) is 37.8 Å². The smallest absolute Gasteiger partial charge is 0.328 e. The van der Waals surface area contributed by atoms with Crippen molar-refractivity contribution in [2.75, 3.05) is 0 Å². The van der Waals surface area contributed by atoms with Gasteiger partial charge in [-0.3, -0.25) is 0 Å². The monoisotopic (exact) mass is 365 g/mol. The Bertz CT molecular complexity index is 654. The number of carbonyl (C=O) groups is 2. The molecule has 1 saturated heterocycles. The third-order valence-electron chi connectivity index (χ3n) is 4.93. The van der Waals surface area contributed by atoms with Gasteiger partial charge in [-0.2, -0.15) is 0 Å². The Kier molecular flexibility index (Phi) is 6.88. The van der Waals surface area contributed by atoms with Crippen LogP contribution in [0.4, 0.5) is 4.39 Å². The highest BCUT2D eigenvalue weighted by molar-refractivity contribution is 5.89. The van der Waals surface area contributed by atoms with Gasteiger partial charge in [0.15, 0.2) is 0 Å². The number of nitrogens with one attached hydrogen (secondary N) is 1. The molecule has 1 aromatic rings. The summed E-state index contributed by atoms with van der Waals surface area (Å²) < 4.78 is 13.2. The molecule has 7 heteroatoms. The van der Waals surface area contributed by atoms with Crippen LogP contribution in [0.1, 0.15) is 50.2 Å². The zero-order valence-electron chi connectivity index (χ0n) is 14.4. The highest BCUT2D eigenvalue weighted by Crippen LogP contribution is 2.41. The number of rotatable bonds is 4. The molecule has 3 rings (SSSR count). The fourth-order valence-corrected chi connectivity index (χ4v) is 3.72. The minimum Gasteiger partial charge on any atom is -0.478 e. The molecular weight excluding hydrogens is 341 g/mol. The van der Waals surface area contributed by atoms with E-state index in [9.17, 15) is 19.1 Å². The van der Waals surface area contributed by atoms with Crippen molar-refractivity contribution in [2.45, 2.75) is 56.2 Å². The summed E-state index contributed by atoms with van der Waals surface area (Å²) in [5, 5.41) is 29.6. The van der Waals surface area contributed by atoms with Gasteiger partial charge in [0, 0.05) is 23.7 Å². The van der Waals surface area contributed by atoms with E-state index in [0.29, 0.717) is 17.7 Å². The summed E-state index contributed by atoms with van der Waals surface area (Å²) in [7, 11) is 0. The molecule has 4 N–H and O–H groups in total. The van der Waals surface area contributed by atoms with Crippen molar-refractivity contribution < 1.29 is 29.3 Å². The zero-order valence-corrected chi connectivity index (χ0v) is 14.4. The minimum absolute atomic E-state index is 0.0740. The molecule has 0 amide bonds. The Hall–Kier alpha value is -2.25. The Morgan fingerprint density at radius 3 is 2.31 bits per heavy atom. The number of carboxylic acid groups (broad SMARTS) is 2. The summed E-state index contributed by atoms with van der Waals surface area (Å²) in [6.45, 7) is 0. The number of carboxylic acids is 2. The van der Waals surface area contributed by atoms with Crippen LogP contribution in [0.5, 0.6) is 0 Å². The molecule has 2 fully saturated rings. The molecule has 1 aliphatic heterocycles. The Labute approximate surface area is 151 Å². The number of aliphatic hydroxyl groups excluding tert-OH is 1. The van der Waals surface area contributed by atoms with Gasteiger partial charge in [0.25, 0.3) is 0 Å². The predicted molar refractivity (Wildman–Crippen MR) is 93.1 cm³/mol. The van der Waals surface area contributed by atoms with E-state index < -0.39 is 18.0 Å². The van der Waals surface area contributed by atoms with Crippen molar-refractivity contribution in [3.05, 3.63) is 47.8 Å². The van der Waals surface area contributed by atoms with Gasteiger partial charge >= 0.3 is 11.9 Å². The van der Waals surface area contributed by atoms with Crippen LogP contribution in [0.25, 0.3) is 0 Å². The van der Waals surface area contributed by atoms with Crippen molar-refractivity contribution >= 4 is 11.9 Å². The lowest BCUT2D eigenvalue weighted by Crippen LogP contribution is -2.42. The molecule has 26 heavy (non-hydrogen) atoms. The molecule has 0 unspecified atom stereocenters. The summed E-state index contributed by atoms with van der Waals surface area (Å²) in [6, 6.07) is 6.39. The third-order valence-corrected chi connectivity index (χ3v) is 4.93. The van der Waals surface area contributed by atoms with Crippen LogP contribution >= 0.6 is 0 Å². The summed E-state index contributed by atoms with van der Waals surface area (Å²) in [4.78, 5) is 19.1. The molecule has 142 valence electrons. The van der Waals surface area contributed by atoms with E-state index in [2.05, 4.69) is 5.32 Å². The molecule has 1 aromatic carbocycles. The second kappa shape index (κ2) is 8.91. The second-order valence-corrected chi connectivity index (χ2v) is 6.79. The van der Waals surface area contributed by atoms with Gasteiger partial charge in [0.1, 0.15) is 5.82 Å². The lowest BCUT2D eigenvalue weighted by Gasteiger charge is -2.27. The Morgan fingerprint density at radius 1 is 1.15 bits per heavy atom. The molecular formula is C19H24FNO5. The number of benzene rings is 1. The third kappa shape index (κ3) is 5.64. The van der Waals surface area contributed by atoms with Gasteiger partial charge < -0.3 is 20.6 Å². The SMILES string of the molecule is O=C(O)/C=C\C(=O)O.O[C@H](c1cccc(F)c1)[C@H]1CCC2(CCCC2)N1. The summed E-state index contributed by atoms with van der Waals surface area (Å²) in [5.41, 5.74) is 0.946. The molecule has 1 heterocycles. The van der Waals surface area contributed by atoms with E-state index in [0.717, 1.165) is 12.8 Å². The molecule has 0 aromatic heterocycles. The van der Waals surface area contributed by atoms with Gasteiger partial charge in [0.05, 0.1) is 6.10 Å². The topological polar surface area (TPSA) is 107 Å². The standard InChI is InChI=1S/C15H20FNO.C4H4O4/c16-12-5-3-4-11(10-12)14(18)13-6-9-15(17-13)7-1-2-8-15;5-3(6)1-2-4(7)8/h3-5,10,13-14,17-18H,1-2,6-9H2;1-2H,(H,5,6)(H,7,8)/b;2-1-/t13-,14-;/m1./s1. The van der Waals surface area contributed by atoms with Crippen molar-refractivity contribution in [3.63, 3.8) is 0 Å². The summed E-state index contributed by atoms with van der Waals surface area (Å²) >= 11 is 0. The van der Waals surface area contributed by atoms with Crippen LogP contribution in [-0.4, -0.2) is 38.8 Å². The summed E-state index contributed by atoms with van der Waals surface area (Å²) in [5.74, 6) is -2.79. The van der Waals surface area contributed by atoms with Crippen LogP contribution in [0, 0.1) is 5.82 Å². The fraction of sp³-hybridized carbons (Fsp3) is 0.474. The maximum absolute atomic E-state index is 13.2. The lowest BCUT2D eigenvalue weighted by atomic mass is 9.96. The van der Waals surface area contributed by atoms with Gasteiger partial charge in [-0.1, -0.05) is 25.0 Å². The number of hydrogen-bond donors (Lipinski definition) is 4.